The molecule has 2 aliphatic heterocycles. The molecule has 5 nitrogen and oxygen atoms in total. The number of fused-ring (bicyclic) bond motifs is 1. The molecule has 9 heavy (non-hydrogen) atoms. The summed E-state index contributed by atoms with van der Waals surface area (Å²) < 4.78 is 15.6. The van der Waals surface area contributed by atoms with Gasteiger partial charge in [0, 0.05) is 0 Å². The third kappa shape index (κ3) is 0.198. The summed E-state index contributed by atoms with van der Waals surface area (Å²) in [6, 6.07) is 0. The predicted octanol–water partition coefficient (Wildman–Crippen LogP) is -1.84. The number of aromatic amines is 1. The lowest BCUT2D eigenvalue weighted by molar-refractivity contribution is 0.225. The second kappa shape index (κ2) is 0.708. The number of hydrogen-bond acceptors (Lipinski definition) is 3. The van der Waals surface area contributed by atoms with E-state index in [1.807, 2.05) is 0 Å². The van der Waals surface area contributed by atoms with E-state index in [1.54, 1.807) is 0 Å². The lowest BCUT2D eigenvalue weighted by atomic mass is 10.7. The van der Waals surface area contributed by atoms with Gasteiger partial charge in [-0.2, -0.15) is 0 Å². The summed E-state index contributed by atoms with van der Waals surface area (Å²) in [4.78, 5) is 11.8. The van der Waals surface area contributed by atoms with Crippen molar-refractivity contribution in [2.45, 2.75) is 0 Å². The van der Waals surface area contributed by atoms with Gasteiger partial charge in [-0.1, -0.05) is 0 Å². The smallest absolute Gasteiger partial charge is 0.330 e. The Morgan fingerprint density at radius 2 is 2.44 bits per heavy atom. The second-order valence-electron chi connectivity index (χ2n) is 2.04. The average molecular weight is 144 g/mol. The maximum Gasteiger partial charge on any atom is 0.360 e. The molecule has 0 aliphatic carbocycles. The number of aromatic nitrogens is 2. The fourth-order valence-electron chi connectivity index (χ4n) is 1.08. The monoisotopic (exact) mass is 144 g/mol. The Hall–Kier alpha value is -0.960. The molecule has 1 atom stereocenters. The van der Waals surface area contributed by atoms with Gasteiger partial charge >= 0.3 is 7.37 Å². The molecule has 0 bridgehead atoms. The maximum absolute atomic E-state index is 10.9. The molecule has 0 amide bonds. The van der Waals surface area contributed by atoms with Crippen LogP contribution in [-0.2, 0) is 4.57 Å². The summed E-state index contributed by atoms with van der Waals surface area (Å²) in [5, 5.41) is 2.70. The molecule has 1 unspecified atom stereocenters. The number of rotatable bonds is 0. The van der Waals surface area contributed by atoms with E-state index in [1.165, 1.54) is 4.85 Å². The molecule has 3 rings (SSSR count). The third-order valence-corrected chi connectivity index (χ3v) is 3.68. The van der Waals surface area contributed by atoms with Gasteiger partial charge in [0.15, 0.2) is 10.7 Å². The van der Waals surface area contributed by atoms with Crippen LogP contribution in [0.25, 0.3) is 0 Å². The van der Waals surface area contributed by atoms with Crippen molar-refractivity contribution < 1.29 is 9.19 Å². The van der Waals surface area contributed by atoms with Gasteiger partial charge in [0.2, 0.25) is 0 Å². The van der Waals surface area contributed by atoms with Crippen molar-refractivity contribution in [3.8, 4) is 0 Å². The highest BCUT2D eigenvalue weighted by Crippen LogP contribution is 2.56. The quantitative estimate of drug-likeness (QED) is 0.435. The van der Waals surface area contributed by atoms with Crippen LogP contribution >= 0.6 is 7.37 Å². The molecule has 3 heterocycles. The molecular weight excluding hydrogens is 143 g/mol. The molecule has 0 fully saturated rings. The summed E-state index contributed by atoms with van der Waals surface area (Å²) in [6.45, 7) is 0. The first-order valence-electron chi connectivity index (χ1n) is 2.40. The van der Waals surface area contributed by atoms with Crippen LogP contribution in [0.1, 0.15) is 0 Å². The highest BCUT2D eigenvalue weighted by molar-refractivity contribution is 7.86. The van der Waals surface area contributed by atoms with Crippen molar-refractivity contribution in [2.24, 2.45) is 0 Å². The fraction of sp³-hybridized carbons (Fsp3) is 0. The first kappa shape index (κ1) is 3.95. The van der Waals surface area contributed by atoms with Gasteiger partial charge in [-0.15, -0.1) is 4.85 Å². The lowest BCUT2D eigenvalue weighted by Gasteiger charge is -2.13. The van der Waals surface area contributed by atoms with Gasteiger partial charge in [0.25, 0.3) is 5.56 Å². The summed E-state index contributed by atoms with van der Waals surface area (Å²) in [7, 11) is -2.57. The molecule has 0 radical (unpaired) electrons. The minimum atomic E-state index is -2.57. The average Bonchev–Trinajstić information content (AvgIpc) is 2.05. The van der Waals surface area contributed by atoms with E-state index in [0.717, 1.165) is 0 Å². The molecular formula is C3HN2O3P. The predicted molar refractivity (Wildman–Crippen MR) is 28.5 cm³/mol. The lowest BCUT2D eigenvalue weighted by Crippen LogP contribution is -2.30. The normalized spacial score (nSPS) is 32.4. The van der Waals surface area contributed by atoms with Gasteiger partial charge in [-0.25, -0.2) is 5.10 Å². The second-order valence-corrected chi connectivity index (χ2v) is 4.18. The molecule has 2 aliphatic rings. The molecule has 0 saturated heterocycles. The van der Waals surface area contributed by atoms with Crippen LogP contribution in [0.15, 0.2) is 4.79 Å². The fourth-order valence-corrected chi connectivity index (χ4v) is 2.97. The first-order chi connectivity index (χ1) is 4.23. The minimum absolute atomic E-state index is 0.264. The van der Waals surface area contributed by atoms with E-state index in [0.29, 0.717) is 10.7 Å². The number of nitrogens with one attached hydrogen (secondary N) is 1. The zero-order valence-corrected chi connectivity index (χ0v) is 5.01. The van der Waals surface area contributed by atoms with Crippen molar-refractivity contribution in [3.63, 3.8) is 0 Å². The van der Waals surface area contributed by atoms with Crippen LogP contribution in [0.5, 0.6) is 0 Å². The highest BCUT2D eigenvalue weighted by Gasteiger charge is 2.67. The molecule has 1 aromatic rings. The van der Waals surface area contributed by atoms with Crippen LogP contribution in [0.3, 0.4) is 0 Å². The topological polar surface area (TPSA) is 64.1 Å². The molecule has 1 N–H and O–H groups in total. The Bertz CT molecular complexity index is 413. The Balaban J connectivity index is 2.70. The van der Waals surface area contributed by atoms with Crippen molar-refractivity contribution in [1.29, 1.82) is 0 Å². The van der Waals surface area contributed by atoms with E-state index in [4.69, 9.17) is 0 Å². The third-order valence-electron chi connectivity index (χ3n) is 1.54. The Kier molecular flexibility index (Phi) is 0.311. The van der Waals surface area contributed by atoms with E-state index in [9.17, 15) is 9.36 Å². The van der Waals surface area contributed by atoms with E-state index >= 15 is 0 Å². The summed E-state index contributed by atoms with van der Waals surface area (Å²) in [5.41, 5.74) is 0.312. The number of nitrogens with zero attached hydrogens (tertiary/aromatic N) is 1. The standard InChI is InChI=1S/C3HN2O3P/c6-2-1-3-5(4-2)8-9(1,3)7/h(H,4,6). The molecule has 0 aromatic carbocycles. The molecule has 1 aromatic heterocycles. The number of hydrogen-bond donors (Lipinski definition) is 1. The zero-order chi connectivity index (χ0) is 6.22. The van der Waals surface area contributed by atoms with Gasteiger partial charge in [-0.05, 0) is 0 Å². The number of H-pyrrole nitrogens is 1. The molecule has 6 heteroatoms. The Morgan fingerprint density at radius 3 is 2.78 bits per heavy atom. The van der Waals surface area contributed by atoms with Crippen LogP contribution in [0.2, 0.25) is 0 Å². The van der Waals surface area contributed by atoms with Gasteiger partial charge in [-0.3, -0.25) is 9.36 Å². The van der Waals surface area contributed by atoms with Crippen molar-refractivity contribution in [3.05, 3.63) is 10.4 Å². The van der Waals surface area contributed by atoms with Crippen molar-refractivity contribution >= 4 is 18.1 Å². The summed E-state index contributed by atoms with van der Waals surface area (Å²) in [5.74, 6) is 0. The van der Waals surface area contributed by atoms with Crippen molar-refractivity contribution in [1.82, 2.24) is 9.94 Å². The highest BCUT2D eigenvalue weighted by atomic mass is 31.2. The molecule has 46 valence electrons. The van der Waals surface area contributed by atoms with Crippen LogP contribution < -0.4 is 20.9 Å². The van der Waals surface area contributed by atoms with Crippen molar-refractivity contribution in [2.75, 3.05) is 0 Å². The molecule has 0 saturated carbocycles. The van der Waals surface area contributed by atoms with Crippen LogP contribution in [0, 0.1) is 0 Å². The summed E-state index contributed by atoms with van der Waals surface area (Å²) in [6.07, 6.45) is 0. The van der Waals surface area contributed by atoms with E-state index < -0.39 is 7.37 Å². The van der Waals surface area contributed by atoms with Crippen LogP contribution in [0.4, 0.5) is 0 Å². The van der Waals surface area contributed by atoms with Gasteiger partial charge in [0.1, 0.15) is 0 Å². The van der Waals surface area contributed by atoms with E-state index in [2.05, 4.69) is 9.72 Å². The molecule has 0 spiro atoms. The van der Waals surface area contributed by atoms with Crippen LogP contribution in [-0.4, -0.2) is 9.94 Å². The van der Waals surface area contributed by atoms with Gasteiger partial charge < -0.3 is 4.62 Å². The zero-order valence-electron chi connectivity index (χ0n) is 4.12. The maximum atomic E-state index is 10.9. The first-order valence-corrected chi connectivity index (χ1v) is 4.02. The summed E-state index contributed by atoms with van der Waals surface area (Å²) >= 11 is 0. The minimum Gasteiger partial charge on any atom is -0.330 e. The Labute approximate surface area is 48.6 Å². The largest absolute Gasteiger partial charge is 0.360 e. The SMILES string of the molecule is O=c1[nH]n2c3c1P3(=O)O2. The Morgan fingerprint density at radius 1 is 1.67 bits per heavy atom. The van der Waals surface area contributed by atoms with E-state index in [-0.39, 0.29) is 5.56 Å². The van der Waals surface area contributed by atoms with Gasteiger partial charge in [0.05, 0.1) is 0 Å².